The van der Waals surface area contributed by atoms with Crippen LogP contribution in [0, 0.1) is 5.92 Å². The highest BCUT2D eigenvalue weighted by molar-refractivity contribution is 5.99. The summed E-state index contributed by atoms with van der Waals surface area (Å²) in [6, 6.07) is 6.60. The quantitative estimate of drug-likeness (QED) is 0.768. The fraction of sp³-hybridized carbons (Fsp3) is 0.333. The lowest BCUT2D eigenvalue weighted by Gasteiger charge is -2.04. The molecule has 84 valence electrons. The zero-order valence-electron chi connectivity index (χ0n) is 8.68. The molecule has 2 rings (SSSR count). The lowest BCUT2D eigenvalue weighted by molar-refractivity contribution is -0.139. The number of carboxylic acids is 1. The monoisotopic (exact) mass is 220 g/mol. The fourth-order valence-electron chi connectivity index (χ4n) is 1.44. The molecule has 0 aromatic heterocycles. The summed E-state index contributed by atoms with van der Waals surface area (Å²) >= 11 is 0. The number of carbonyl (C=O) groups excluding carboxylic acids is 1. The Morgan fingerprint density at radius 3 is 2.38 bits per heavy atom. The highest BCUT2D eigenvalue weighted by Crippen LogP contribution is 2.32. The van der Waals surface area contributed by atoms with Gasteiger partial charge in [-0.2, -0.15) is 0 Å². The van der Waals surface area contributed by atoms with Crippen LogP contribution in [0.15, 0.2) is 24.3 Å². The van der Waals surface area contributed by atoms with Gasteiger partial charge in [0.25, 0.3) is 0 Å². The van der Waals surface area contributed by atoms with Crippen LogP contribution in [0.3, 0.4) is 0 Å². The number of hydrogen-bond acceptors (Lipinski definition) is 3. The van der Waals surface area contributed by atoms with Crippen molar-refractivity contribution in [2.24, 2.45) is 5.92 Å². The minimum absolute atomic E-state index is 0.171. The number of benzene rings is 1. The molecule has 1 N–H and O–H groups in total. The zero-order chi connectivity index (χ0) is 11.5. The average molecular weight is 220 g/mol. The Hall–Kier alpha value is -1.84. The summed E-state index contributed by atoms with van der Waals surface area (Å²) in [4.78, 5) is 21.9. The van der Waals surface area contributed by atoms with Crippen LogP contribution in [0.5, 0.6) is 5.75 Å². The molecule has 4 nitrogen and oxygen atoms in total. The summed E-state index contributed by atoms with van der Waals surface area (Å²) in [5, 5.41) is 8.42. The Morgan fingerprint density at radius 1 is 1.25 bits per heavy atom. The highest BCUT2D eigenvalue weighted by Gasteiger charge is 2.30. The van der Waals surface area contributed by atoms with E-state index in [4.69, 9.17) is 9.84 Å². The maximum atomic E-state index is 11.6. The van der Waals surface area contributed by atoms with Gasteiger partial charge in [0.1, 0.15) is 5.75 Å². The van der Waals surface area contributed by atoms with E-state index >= 15 is 0 Å². The molecule has 4 heteroatoms. The van der Waals surface area contributed by atoms with Crippen LogP contribution in [0.4, 0.5) is 0 Å². The number of Topliss-reactive ketones (excluding diaryl/α,β-unsaturated/α-hetero) is 1. The van der Waals surface area contributed by atoms with Gasteiger partial charge < -0.3 is 9.84 Å². The van der Waals surface area contributed by atoms with Crippen molar-refractivity contribution in [1.82, 2.24) is 0 Å². The van der Waals surface area contributed by atoms with Crippen molar-refractivity contribution < 1.29 is 19.4 Å². The first-order valence-electron chi connectivity index (χ1n) is 5.15. The van der Waals surface area contributed by atoms with E-state index in [0.717, 1.165) is 12.8 Å². The van der Waals surface area contributed by atoms with Gasteiger partial charge in [0.05, 0.1) is 0 Å². The zero-order valence-corrected chi connectivity index (χ0v) is 8.68. The van der Waals surface area contributed by atoms with Crippen molar-refractivity contribution in [1.29, 1.82) is 0 Å². The molecule has 0 spiro atoms. The molecular weight excluding hydrogens is 208 g/mol. The number of carboxylic acid groups (broad SMARTS) is 1. The molecule has 1 aromatic rings. The molecule has 1 aromatic carbocycles. The molecule has 0 saturated heterocycles. The van der Waals surface area contributed by atoms with E-state index in [1.165, 1.54) is 0 Å². The summed E-state index contributed by atoms with van der Waals surface area (Å²) < 4.78 is 4.97. The molecule has 0 unspecified atom stereocenters. The van der Waals surface area contributed by atoms with Gasteiger partial charge in [0.15, 0.2) is 12.4 Å². The standard InChI is InChI=1S/C12H12O4/c13-11(14)7-16-10-5-3-9(4-6-10)12(15)8-1-2-8/h3-6,8H,1-2,7H2,(H,13,14). The third-order valence-corrected chi connectivity index (χ3v) is 2.45. The van der Waals surface area contributed by atoms with Gasteiger partial charge in [-0.15, -0.1) is 0 Å². The van der Waals surface area contributed by atoms with Gasteiger partial charge in [0.2, 0.25) is 0 Å². The largest absolute Gasteiger partial charge is 0.482 e. The van der Waals surface area contributed by atoms with Crippen molar-refractivity contribution in [2.75, 3.05) is 6.61 Å². The summed E-state index contributed by atoms with van der Waals surface area (Å²) in [6.07, 6.45) is 1.96. The van der Waals surface area contributed by atoms with Gasteiger partial charge in [-0.05, 0) is 37.1 Å². The number of carbonyl (C=O) groups is 2. The van der Waals surface area contributed by atoms with E-state index in [2.05, 4.69) is 0 Å². The van der Waals surface area contributed by atoms with Crippen LogP contribution in [0.1, 0.15) is 23.2 Å². The van der Waals surface area contributed by atoms with Crippen molar-refractivity contribution in [2.45, 2.75) is 12.8 Å². The molecular formula is C12H12O4. The molecule has 0 aliphatic heterocycles. The molecule has 1 saturated carbocycles. The molecule has 1 aliphatic rings. The van der Waals surface area contributed by atoms with Gasteiger partial charge in [-0.3, -0.25) is 4.79 Å². The molecule has 16 heavy (non-hydrogen) atoms. The molecule has 0 bridgehead atoms. The Kier molecular flexibility index (Phi) is 2.90. The number of hydrogen-bond donors (Lipinski definition) is 1. The summed E-state index contributed by atoms with van der Waals surface area (Å²) in [5.74, 6) is -0.177. The maximum Gasteiger partial charge on any atom is 0.341 e. The third-order valence-electron chi connectivity index (χ3n) is 2.45. The van der Waals surface area contributed by atoms with Gasteiger partial charge in [-0.1, -0.05) is 0 Å². The Labute approximate surface area is 92.8 Å². The Morgan fingerprint density at radius 2 is 1.88 bits per heavy atom. The first kappa shape index (κ1) is 10.7. The molecule has 0 atom stereocenters. The normalized spacial score (nSPS) is 14.5. The third kappa shape index (κ3) is 2.59. The molecule has 1 aliphatic carbocycles. The van der Waals surface area contributed by atoms with Crippen LogP contribution in [0.2, 0.25) is 0 Å². The summed E-state index contributed by atoms with van der Waals surface area (Å²) in [7, 11) is 0. The molecule has 0 radical (unpaired) electrons. The minimum Gasteiger partial charge on any atom is -0.482 e. The van der Waals surface area contributed by atoms with Crippen molar-refractivity contribution >= 4 is 11.8 Å². The first-order chi connectivity index (χ1) is 7.66. The lowest BCUT2D eigenvalue weighted by atomic mass is 10.1. The molecule has 0 heterocycles. The topological polar surface area (TPSA) is 63.6 Å². The van der Waals surface area contributed by atoms with Crippen molar-refractivity contribution in [3.8, 4) is 5.75 Å². The number of aliphatic carboxylic acids is 1. The van der Waals surface area contributed by atoms with Gasteiger partial charge >= 0.3 is 5.97 Å². The SMILES string of the molecule is O=C(O)COc1ccc(C(=O)C2CC2)cc1. The van der Waals surface area contributed by atoms with E-state index < -0.39 is 5.97 Å². The number of rotatable bonds is 5. The van der Waals surface area contributed by atoms with E-state index in [1.54, 1.807) is 24.3 Å². The molecule has 1 fully saturated rings. The van der Waals surface area contributed by atoms with E-state index in [9.17, 15) is 9.59 Å². The highest BCUT2D eigenvalue weighted by atomic mass is 16.5. The first-order valence-corrected chi connectivity index (χ1v) is 5.15. The van der Waals surface area contributed by atoms with Gasteiger partial charge in [0, 0.05) is 11.5 Å². The van der Waals surface area contributed by atoms with E-state index in [-0.39, 0.29) is 18.3 Å². The number of ketones is 1. The lowest BCUT2D eigenvalue weighted by Crippen LogP contribution is -2.09. The van der Waals surface area contributed by atoms with Crippen LogP contribution in [0.25, 0.3) is 0 Å². The average Bonchev–Trinajstić information content (AvgIpc) is 3.10. The molecule has 0 amide bonds. The Balaban J connectivity index is 1.98. The van der Waals surface area contributed by atoms with Crippen molar-refractivity contribution in [3.05, 3.63) is 29.8 Å². The smallest absolute Gasteiger partial charge is 0.341 e. The second-order valence-electron chi connectivity index (χ2n) is 3.85. The minimum atomic E-state index is -1.02. The number of ether oxygens (including phenoxy) is 1. The predicted molar refractivity (Wildman–Crippen MR) is 56.6 cm³/mol. The second kappa shape index (κ2) is 4.35. The predicted octanol–water partition coefficient (Wildman–Crippen LogP) is 1.74. The Bertz CT molecular complexity index is 404. The van der Waals surface area contributed by atoms with Crippen LogP contribution >= 0.6 is 0 Å². The van der Waals surface area contributed by atoms with Crippen LogP contribution < -0.4 is 4.74 Å². The van der Waals surface area contributed by atoms with Crippen LogP contribution in [-0.4, -0.2) is 23.5 Å². The second-order valence-corrected chi connectivity index (χ2v) is 3.85. The summed E-state index contributed by atoms with van der Waals surface area (Å²) in [5.41, 5.74) is 0.671. The van der Waals surface area contributed by atoms with E-state index in [0.29, 0.717) is 11.3 Å². The fourth-order valence-corrected chi connectivity index (χ4v) is 1.44. The maximum absolute atomic E-state index is 11.6. The van der Waals surface area contributed by atoms with Crippen molar-refractivity contribution in [3.63, 3.8) is 0 Å². The van der Waals surface area contributed by atoms with E-state index in [1.807, 2.05) is 0 Å². The van der Waals surface area contributed by atoms with Crippen LogP contribution in [-0.2, 0) is 4.79 Å². The summed E-state index contributed by atoms with van der Waals surface area (Å²) in [6.45, 7) is -0.365. The van der Waals surface area contributed by atoms with Gasteiger partial charge in [-0.25, -0.2) is 4.79 Å².